The Balaban J connectivity index is 1.31. The second-order valence-electron chi connectivity index (χ2n) is 7.50. The maximum absolute atomic E-state index is 12.5. The number of hydrogen-bond donors (Lipinski definition) is 3. The van der Waals surface area contributed by atoms with E-state index >= 15 is 0 Å². The molecular weight excluding hydrogens is 500 g/mol. The van der Waals surface area contributed by atoms with Crippen molar-refractivity contribution in [3.05, 3.63) is 64.2 Å². The van der Waals surface area contributed by atoms with Crippen LogP contribution in [0.15, 0.2) is 58.5 Å². The third-order valence-corrected chi connectivity index (χ3v) is 6.88. The van der Waals surface area contributed by atoms with Crippen molar-refractivity contribution in [3.63, 3.8) is 0 Å². The molecule has 1 atom stereocenters. The highest BCUT2D eigenvalue weighted by Crippen LogP contribution is 2.26. The van der Waals surface area contributed by atoms with Crippen LogP contribution in [-0.4, -0.2) is 56.0 Å². The van der Waals surface area contributed by atoms with E-state index in [-0.39, 0.29) is 9.92 Å². The van der Waals surface area contributed by atoms with Crippen LogP contribution in [0, 0.1) is 0 Å². The number of ether oxygens (including phenoxy) is 2. The molecule has 1 saturated heterocycles. The van der Waals surface area contributed by atoms with Gasteiger partial charge in [0.2, 0.25) is 5.88 Å². The standard InChI is InChI=1S/C21H21ClN6O6S/c1-33-18-7-6-16(10-23-18)35(31,32)27-14-4-2-13(3-5-14)25-21(30)34-15-8-9-28(12-15)17-11-24-26-20(29)19(17)22/h2-7,10-11,15,27H,8-9,12H2,1H3,(H,25,30)(H,26,29)/t15-/m1/s1. The molecule has 3 N–H and O–H groups in total. The van der Waals surface area contributed by atoms with E-state index in [1.165, 1.54) is 55.9 Å². The Bertz CT molecular complexity index is 1360. The summed E-state index contributed by atoms with van der Waals surface area (Å²) in [6.45, 7) is 0.903. The first-order chi connectivity index (χ1) is 16.7. The number of anilines is 3. The van der Waals surface area contributed by atoms with Crippen LogP contribution in [0.25, 0.3) is 0 Å². The fourth-order valence-electron chi connectivity index (χ4n) is 3.42. The molecule has 2 aromatic heterocycles. The monoisotopic (exact) mass is 520 g/mol. The predicted molar refractivity (Wildman–Crippen MR) is 129 cm³/mol. The molecule has 0 unspecified atom stereocenters. The van der Waals surface area contributed by atoms with Gasteiger partial charge in [0.15, 0.2) is 0 Å². The predicted octanol–water partition coefficient (Wildman–Crippen LogP) is 2.46. The van der Waals surface area contributed by atoms with E-state index in [0.717, 1.165) is 0 Å². The normalized spacial score (nSPS) is 15.5. The molecular formula is C21H21ClN6O6S. The first-order valence-electron chi connectivity index (χ1n) is 10.3. The van der Waals surface area contributed by atoms with Crippen molar-refractivity contribution in [2.45, 2.75) is 17.4 Å². The number of H-pyrrole nitrogens is 1. The van der Waals surface area contributed by atoms with Gasteiger partial charge in [0.05, 0.1) is 31.7 Å². The summed E-state index contributed by atoms with van der Waals surface area (Å²) < 4.78 is 37.8. The second kappa shape index (κ2) is 10.2. The van der Waals surface area contributed by atoms with E-state index in [9.17, 15) is 18.0 Å². The van der Waals surface area contributed by atoms with Gasteiger partial charge in [-0.1, -0.05) is 11.6 Å². The van der Waals surface area contributed by atoms with Gasteiger partial charge in [0.1, 0.15) is 16.0 Å². The SMILES string of the molecule is COc1ccc(S(=O)(=O)Nc2ccc(NC(=O)O[C@@H]3CCN(c4cn[nH]c(=O)c4Cl)C3)cc2)cn1. The number of nitrogens with zero attached hydrogens (tertiary/aromatic N) is 3. The van der Waals surface area contributed by atoms with Gasteiger partial charge in [-0.3, -0.25) is 14.8 Å². The van der Waals surface area contributed by atoms with E-state index in [0.29, 0.717) is 42.5 Å². The van der Waals surface area contributed by atoms with Gasteiger partial charge >= 0.3 is 6.09 Å². The Kier molecular flexibility index (Phi) is 7.07. The lowest BCUT2D eigenvalue weighted by Gasteiger charge is -2.19. The smallest absolute Gasteiger partial charge is 0.411 e. The van der Waals surface area contributed by atoms with Crippen molar-refractivity contribution in [3.8, 4) is 5.88 Å². The molecule has 3 heterocycles. The fourth-order valence-corrected chi connectivity index (χ4v) is 4.63. The molecule has 0 bridgehead atoms. The molecule has 1 aliphatic rings. The maximum Gasteiger partial charge on any atom is 0.411 e. The van der Waals surface area contributed by atoms with Crippen LogP contribution < -0.4 is 25.2 Å². The Labute approximate surface area is 205 Å². The molecule has 1 fully saturated rings. The number of carbonyl (C=O) groups excluding carboxylic acids is 1. The summed E-state index contributed by atoms with van der Waals surface area (Å²) in [6, 6.07) is 8.90. The van der Waals surface area contributed by atoms with Crippen LogP contribution in [0.1, 0.15) is 6.42 Å². The van der Waals surface area contributed by atoms with Crippen LogP contribution in [0.3, 0.4) is 0 Å². The van der Waals surface area contributed by atoms with Crippen LogP contribution in [0.2, 0.25) is 5.02 Å². The minimum atomic E-state index is -3.84. The molecule has 0 radical (unpaired) electrons. The van der Waals surface area contributed by atoms with E-state index in [1.54, 1.807) is 0 Å². The molecule has 12 nitrogen and oxygen atoms in total. The molecule has 0 aliphatic carbocycles. The number of sulfonamides is 1. The number of pyridine rings is 1. The van der Waals surface area contributed by atoms with Gasteiger partial charge in [-0.2, -0.15) is 5.10 Å². The highest BCUT2D eigenvalue weighted by atomic mass is 35.5. The molecule has 1 amide bonds. The number of nitrogens with one attached hydrogen (secondary N) is 3. The summed E-state index contributed by atoms with van der Waals surface area (Å²) in [5.74, 6) is 0.299. The number of aromatic nitrogens is 3. The van der Waals surface area contributed by atoms with E-state index in [4.69, 9.17) is 21.1 Å². The number of amides is 1. The molecule has 1 aromatic carbocycles. The lowest BCUT2D eigenvalue weighted by Crippen LogP contribution is -2.28. The average molecular weight is 521 g/mol. The Morgan fingerprint density at radius 1 is 1.17 bits per heavy atom. The summed E-state index contributed by atoms with van der Waals surface area (Å²) in [5, 5.41) is 8.64. The van der Waals surface area contributed by atoms with E-state index in [1.807, 2.05) is 4.90 Å². The van der Waals surface area contributed by atoms with Crippen molar-refractivity contribution < 1.29 is 22.7 Å². The Hall–Kier alpha value is -3.84. The van der Waals surface area contributed by atoms with Gasteiger partial charge in [-0.15, -0.1) is 0 Å². The highest BCUT2D eigenvalue weighted by Gasteiger charge is 2.28. The van der Waals surface area contributed by atoms with Gasteiger partial charge in [0, 0.05) is 30.4 Å². The van der Waals surface area contributed by atoms with Gasteiger partial charge in [0.25, 0.3) is 15.6 Å². The number of benzene rings is 1. The maximum atomic E-state index is 12.5. The number of aromatic amines is 1. The van der Waals surface area contributed by atoms with Crippen LogP contribution in [-0.2, 0) is 14.8 Å². The third kappa shape index (κ3) is 5.81. The molecule has 35 heavy (non-hydrogen) atoms. The minimum absolute atomic E-state index is 0.0214. The summed E-state index contributed by atoms with van der Waals surface area (Å²) >= 11 is 6.04. The molecule has 3 aromatic rings. The Morgan fingerprint density at radius 3 is 2.60 bits per heavy atom. The summed E-state index contributed by atoms with van der Waals surface area (Å²) in [4.78, 5) is 29.6. The highest BCUT2D eigenvalue weighted by molar-refractivity contribution is 7.92. The van der Waals surface area contributed by atoms with Crippen molar-refractivity contribution in [1.29, 1.82) is 0 Å². The van der Waals surface area contributed by atoms with E-state index in [2.05, 4.69) is 25.2 Å². The zero-order chi connectivity index (χ0) is 25.0. The second-order valence-corrected chi connectivity index (χ2v) is 9.56. The first-order valence-corrected chi connectivity index (χ1v) is 12.2. The fraction of sp³-hybridized carbons (Fsp3) is 0.238. The lowest BCUT2D eigenvalue weighted by atomic mass is 10.3. The molecule has 14 heteroatoms. The first kappa shape index (κ1) is 24.3. The number of halogens is 1. The van der Waals surface area contributed by atoms with Crippen LogP contribution >= 0.6 is 11.6 Å². The van der Waals surface area contributed by atoms with Crippen LogP contribution in [0.4, 0.5) is 21.9 Å². The summed E-state index contributed by atoms with van der Waals surface area (Å²) in [7, 11) is -2.41. The quantitative estimate of drug-likeness (QED) is 0.425. The number of rotatable bonds is 7. The lowest BCUT2D eigenvalue weighted by molar-refractivity contribution is 0.122. The number of carbonyl (C=O) groups is 1. The molecule has 0 spiro atoms. The van der Waals surface area contributed by atoms with Gasteiger partial charge in [-0.05, 0) is 30.3 Å². The van der Waals surface area contributed by atoms with Crippen molar-refractivity contribution in [2.75, 3.05) is 35.1 Å². The average Bonchev–Trinajstić information content (AvgIpc) is 3.30. The van der Waals surface area contributed by atoms with Crippen molar-refractivity contribution >= 4 is 44.8 Å². The zero-order valence-corrected chi connectivity index (χ0v) is 20.0. The van der Waals surface area contributed by atoms with Crippen molar-refractivity contribution in [1.82, 2.24) is 15.2 Å². The van der Waals surface area contributed by atoms with Crippen molar-refractivity contribution in [2.24, 2.45) is 0 Å². The molecule has 0 saturated carbocycles. The number of methoxy groups -OCH3 is 1. The molecule has 4 rings (SSSR count). The summed E-state index contributed by atoms with van der Waals surface area (Å²) in [5.41, 5.74) is 0.707. The van der Waals surface area contributed by atoms with Gasteiger partial charge in [-0.25, -0.2) is 23.3 Å². The third-order valence-electron chi connectivity index (χ3n) is 5.15. The largest absolute Gasteiger partial charge is 0.481 e. The van der Waals surface area contributed by atoms with E-state index < -0.39 is 27.8 Å². The zero-order valence-electron chi connectivity index (χ0n) is 18.4. The topological polar surface area (TPSA) is 156 Å². The summed E-state index contributed by atoms with van der Waals surface area (Å²) in [6.07, 6.45) is 2.13. The van der Waals surface area contributed by atoms with Gasteiger partial charge < -0.3 is 14.4 Å². The minimum Gasteiger partial charge on any atom is -0.481 e. The molecule has 184 valence electrons. The van der Waals surface area contributed by atoms with Crippen LogP contribution in [0.5, 0.6) is 5.88 Å². The Morgan fingerprint density at radius 2 is 1.91 bits per heavy atom. The molecule has 1 aliphatic heterocycles. The number of hydrogen-bond acceptors (Lipinski definition) is 9.